The number of nitro groups is 1. The summed E-state index contributed by atoms with van der Waals surface area (Å²) in [6.07, 6.45) is 1.55. The molecule has 1 N–H and O–H groups in total. The van der Waals surface area contributed by atoms with Crippen molar-refractivity contribution in [1.82, 2.24) is 14.8 Å². The fraction of sp³-hybridized carbons (Fsp3) is 0.133. The first-order chi connectivity index (χ1) is 11.5. The van der Waals surface area contributed by atoms with Crippen LogP contribution in [0.25, 0.3) is 10.9 Å². The molecule has 0 atom stereocenters. The lowest BCUT2D eigenvalue weighted by molar-refractivity contribution is -0.389. The summed E-state index contributed by atoms with van der Waals surface area (Å²) in [5.41, 5.74) is 1.71. The maximum absolute atomic E-state index is 12.1. The molecule has 3 rings (SSSR count). The largest absolute Gasteiger partial charge is 0.408 e. The number of pyridine rings is 1. The van der Waals surface area contributed by atoms with Gasteiger partial charge in [0.05, 0.1) is 28.2 Å². The summed E-state index contributed by atoms with van der Waals surface area (Å²) in [6.45, 7) is 1.37. The van der Waals surface area contributed by atoms with Gasteiger partial charge in [-0.15, -0.1) is 0 Å². The number of benzene rings is 1. The molecule has 24 heavy (non-hydrogen) atoms. The Hall–Kier alpha value is -3.00. The van der Waals surface area contributed by atoms with Crippen molar-refractivity contribution in [3.63, 3.8) is 0 Å². The Labute approximate surface area is 141 Å². The second kappa shape index (κ2) is 6.25. The number of para-hydroxylation sites is 1. The van der Waals surface area contributed by atoms with Crippen LogP contribution < -0.4 is 5.32 Å². The van der Waals surface area contributed by atoms with Crippen LogP contribution in [-0.4, -0.2) is 25.6 Å². The number of carbonyl (C=O) groups is 1. The minimum Gasteiger partial charge on any atom is -0.358 e. The number of nitrogens with one attached hydrogen (secondary N) is 1. The third-order valence-electron chi connectivity index (χ3n) is 3.46. The summed E-state index contributed by atoms with van der Waals surface area (Å²) in [6, 6.07) is 9.31. The Morgan fingerprint density at radius 2 is 2.17 bits per heavy atom. The Morgan fingerprint density at radius 1 is 1.42 bits per heavy atom. The van der Waals surface area contributed by atoms with Crippen molar-refractivity contribution in [3.05, 3.63) is 57.4 Å². The lowest BCUT2D eigenvalue weighted by Crippen LogP contribution is -2.20. The minimum atomic E-state index is -0.684. The fourth-order valence-corrected chi connectivity index (χ4v) is 2.46. The first kappa shape index (κ1) is 15.9. The average molecular weight is 346 g/mol. The third-order valence-corrected chi connectivity index (χ3v) is 3.90. The molecule has 0 fully saturated rings. The lowest BCUT2D eigenvalue weighted by atomic mass is 10.2. The normalized spacial score (nSPS) is 10.8. The molecule has 0 aliphatic carbocycles. The van der Waals surface area contributed by atoms with Crippen LogP contribution in [0.5, 0.6) is 0 Å². The van der Waals surface area contributed by atoms with Crippen molar-refractivity contribution in [2.75, 3.05) is 5.32 Å². The van der Waals surface area contributed by atoms with E-state index in [2.05, 4.69) is 15.4 Å². The maximum Gasteiger partial charge on any atom is 0.408 e. The summed E-state index contributed by atoms with van der Waals surface area (Å²) in [7, 11) is 0. The van der Waals surface area contributed by atoms with Crippen LogP contribution in [0.15, 0.2) is 36.5 Å². The SMILES string of the molecule is Cc1c(Cl)c([N+](=O)[O-])nn1CC(=O)Nc1cnc2ccccc2c1. The molecule has 1 aromatic carbocycles. The van der Waals surface area contributed by atoms with Gasteiger partial charge in [-0.1, -0.05) is 29.8 Å². The molecule has 2 heterocycles. The number of hydrogen-bond donors (Lipinski definition) is 1. The Balaban J connectivity index is 1.77. The molecule has 0 radical (unpaired) electrons. The van der Waals surface area contributed by atoms with Gasteiger partial charge >= 0.3 is 5.82 Å². The second-order valence-corrected chi connectivity index (χ2v) is 5.48. The topological polar surface area (TPSA) is 103 Å². The van der Waals surface area contributed by atoms with Gasteiger partial charge in [-0.3, -0.25) is 9.78 Å². The van der Waals surface area contributed by atoms with Gasteiger partial charge in [-0.25, -0.2) is 0 Å². The van der Waals surface area contributed by atoms with E-state index < -0.39 is 10.7 Å². The second-order valence-electron chi connectivity index (χ2n) is 5.10. The summed E-state index contributed by atoms with van der Waals surface area (Å²) in [4.78, 5) is 26.5. The molecule has 3 aromatic rings. The van der Waals surface area contributed by atoms with E-state index in [1.165, 1.54) is 4.68 Å². The van der Waals surface area contributed by atoms with Crippen LogP contribution in [0.3, 0.4) is 0 Å². The summed E-state index contributed by atoms with van der Waals surface area (Å²) in [5, 5.41) is 18.1. The smallest absolute Gasteiger partial charge is 0.358 e. The molecule has 122 valence electrons. The summed E-state index contributed by atoms with van der Waals surface area (Å²) >= 11 is 5.85. The standard InChI is InChI=1S/C15H12ClN5O3/c1-9-14(16)15(21(23)24)19-20(9)8-13(22)18-11-6-10-4-2-3-5-12(10)17-7-11/h2-7H,8H2,1H3,(H,18,22). The molecule has 2 aromatic heterocycles. The highest BCUT2D eigenvalue weighted by molar-refractivity contribution is 6.33. The molecule has 0 spiro atoms. The number of carbonyl (C=O) groups excluding carboxylic acids is 1. The monoisotopic (exact) mass is 345 g/mol. The third kappa shape index (κ3) is 3.04. The zero-order valence-electron chi connectivity index (χ0n) is 12.6. The van der Waals surface area contributed by atoms with Crippen molar-refractivity contribution < 1.29 is 9.72 Å². The van der Waals surface area contributed by atoms with Crippen LogP contribution in [0.1, 0.15) is 5.69 Å². The fourth-order valence-electron chi connectivity index (χ4n) is 2.25. The molecule has 0 saturated carbocycles. The van der Waals surface area contributed by atoms with Gasteiger partial charge in [0.2, 0.25) is 5.91 Å². The van der Waals surface area contributed by atoms with Crippen LogP contribution in [0.4, 0.5) is 11.5 Å². The molecule has 9 heteroatoms. The van der Waals surface area contributed by atoms with E-state index in [1.807, 2.05) is 24.3 Å². The molecule has 0 aliphatic rings. The molecular weight excluding hydrogens is 334 g/mol. The van der Waals surface area contributed by atoms with Crippen LogP contribution in [-0.2, 0) is 11.3 Å². The van der Waals surface area contributed by atoms with Gasteiger partial charge in [0.25, 0.3) is 0 Å². The van der Waals surface area contributed by atoms with Crippen LogP contribution in [0.2, 0.25) is 5.02 Å². The van der Waals surface area contributed by atoms with Gasteiger partial charge in [-0.05, 0) is 24.0 Å². The highest BCUT2D eigenvalue weighted by Gasteiger charge is 2.24. The quantitative estimate of drug-likeness (QED) is 0.578. The Morgan fingerprint density at radius 3 is 2.88 bits per heavy atom. The number of anilines is 1. The predicted octanol–water partition coefficient (Wildman–Crippen LogP) is 2.94. The molecule has 0 unspecified atom stereocenters. The Bertz CT molecular complexity index is 953. The van der Waals surface area contributed by atoms with Crippen molar-refractivity contribution in [3.8, 4) is 0 Å². The Kier molecular flexibility index (Phi) is 4.13. The minimum absolute atomic E-state index is 0.0693. The van der Waals surface area contributed by atoms with Crippen molar-refractivity contribution in [2.45, 2.75) is 13.5 Å². The van der Waals surface area contributed by atoms with E-state index in [0.717, 1.165) is 10.9 Å². The lowest BCUT2D eigenvalue weighted by Gasteiger charge is -2.05. The number of halogens is 1. The predicted molar refractivity (Wildman–Crippen MR) is 89.0 cm³/mol. The number of fused-ring (bicyclic) bond motifs is 1. The summed E-state index contributed by atoms with van der Waals surface area (Å²) < 4.78 is 1.20. The van der Waals surface area contributed by atoms with E-state index in [-0.39, 0.29) is 17.5 Å². The highest BCUT2D eigenvalue weighted by atomic mass is 35.5. The van der Waals surface area contributed by atoms with Crippen molar-refractivity contribution >= 4 is 39.9 Å². The van der Waals surface area contributed by atoms with Gasteiger partial charge in [0.15, 0.2) is 5.02 Å². The first-order valence-corrected chi connectivity index (χ1v) is 7.35. The van der Waals surface area contributed by atoms with E-state index >= 15 is 0 Å². The molecule has 8 nitrogen and oxygen atoms in total. The first-order valence-electron chi connectivity index (χ1n) is 6.97. The van der Waals surface area contributed by atoms with Gasteiger partial charge < -0.3 is 15.4 Å². The highest BCUT2D eigenvalue weighted by Crippen LogP contribution is 2.26. The molecular formula is C15H12ClN5O3. The van der Waals surface area contributed by atoms with Crippen LogP contribution >= 0.6 is 11.6 Å². The zero-order valence-corrected chi connectivity index (χ0v) is 13.3. The van der Waals surface area contributed by atoms with Crippen molar-refractivity contribution in [2.24, 2.45) is 0 Å². The maximum atomic E-state index is 12.1. The average Bonchev–Trinajstić information content (AvgIpc) is 2.83. The van der Waals surface area contributed by atoms with Crippen molar-refractivity contribution in [1.29, 1.82) is 0 Å². The summed E-state index contributed by atoms with van der Waals surface area (Å²) in [5.74, 6) is -0.849. The number of aromatic nitrogens is 3. The van der Waals surface area contributed by atoms with Gasteiger partial charge in [-0.2, -0.15) is 4.68 Å². The number of nitrogens with zero attached hydrogens (tertiary/aromatic N) is 4. The van der Waals surface area contributed by atoms with Gasteiger partial charge in [0.1, 0.15) is 6.54 Å². The molecule has 0 saturated heterocycles. The number of hydrogen-bond acceptors (Lipinski definition) is 5. The molecule has 0 bridgehead atoms. The van der Waals surface area contributed by atoms with Gasteiger partial charge in [0, 0.05) is 5.39 Å². The van der Waals surface area contributed by atoms with E-state index in [9.17, 15) is 14.9 Å². The van der Waals surface area contributed by atoms with E-state index in [4.69, 9.17) is 11.6 Å². The zero-order chi connectivity index (χ0) is 17.3. The van der Waals surface area contributed by atoms with Crippen LogP contribution in [0, 0.1) is 17.0 Å². The molecule has 1 amide bonds. The van der Waals surface area contributed by atoms with E-state index in [0.29, 0.717) is 11.4 Å². The number of rotatable bonds is 4. The number of amides is 1. The van der Waals surface area contributed by atoms with E-state index in [1.54, 1.807) is 19.2 Å². The molecule has 0 aliphatic heterocycles.